The van der Waals surface area contributed by atoms with E-state index in [1.54, 1.807) is 6.92 Å². The van der Waals surface area contributed by atoms with Gasteiger partial charge in [-0.1, -0.05) is 0 Å². The van der Waals surface area contributed by atoms with E-state index in [9.17, 15) is 14.9 Å². The number of ether oxygens (including phenoxy) is 3. The molecule has 2 rings (SSSR count). The monoisotopic (exact) mass is 309 g/mol. The molecule has 1 unspecified atom stereocenters. The SMILES string of the molecule is CCOc1ccc(C(=O)OCC2CCCCO2)cc1[N+](=O)[O-]. The number of carbonyl (C=O) groups excluding carboxylic acids is 1. The Labute approximate surface area is 128 Å². The van der Waals surface area contributed by atoms with Crippen LogP contribution in [0.3, 0.4) is 0 Å². The van der Waals surface area contributed by atoms with Crippen molar-refractivity contribution in [3.63, 3.8) is 0 Å². The molecule has 1 aliphatic rings. The molecule has 0 bridgehead atoms. The summed E-state index contributed by atoms with van der Waals surface area (Å²) in [7, 11) is 0. The van der Waals surface area contributed by atoms with Gasteiger partial charge in [-0.15, -0.1) is 0 Å². The number of nitrogens with zero attached hydrogens (tertiary/aromatic N) is 1. The van der Waals surface area contributed by atoms with Crippen LogP contribution in [0.2, 0.25) is 0 Å². The quantitative estimate of drug-likeness (QED) is 0.456. The van der Waals surface area contributed by atoms with Crippen molar-refractivity contribution in [2.24, 2.45) is 0 Å². The minimum absolute atomic E-state index is 0.0876. The topological polar surface area (TPSA) is 87.9 Å². The molecule has 1 aliphatic heterocycles. The van der Waals surface area contributed by atoms with E-state index >= 15 is 0 Å². The van der Waals surface area contributed by atoms with Crippen LogP contribution in [0.15, 0.2) is 18.2 Å². The zero-order valence-corrected chi connectivity index (χ0v) is 12.4. The predicted molar refractivity (Wildman–Crippen MR) is 78.1 cm³/mol. The molecule has 0 amide bonds. The Morgan fingerprint density at radius 2 is 2.27 bits per heavy atom. The number of hydrogen-bond donors (Lipinski definition) is 0. The lowest BCUT2D eigenvalue weighted by Crippen LogP contribution is -2.25. The lowest BCUT2D eigenvalue weighted by Gasteiger charge is -2.22. The van der Waals surface area contributed by atoms with Gasteiger partial charge in [0.25, 0.3) is 0 Å². The third-order valence-corrected chi connectivity index (χ3v) is 3.37. The molecule has 0 aromatic heterocycles. The number of hydrogen-bond acceptors (Lipinski definition) is 6. The van der Waals surface area contributed by atoms with Gasteiger partial charge in [0.1, 0.15) is 6.61 Å². The van der Waals surface area contributed by atoms with Crippen LogP contribution in [-0.2, 0) is 9.47 Å². The molecule has 0 radical (unpaired) electrons. The van der Waals surface area contributed by atoms with Crippen LogP contribution in [0.5, 0.6) is 5.75 Å². The Morgan fingerprint density at radius 3 is 2.91 bits per heavy atom. The van der Waals surface area contributed by atoms with Crippen molar-refractivity contribution in [1.29, 1.82) is 0 Å². The molecule has 1 saturated heterocycles. The average molecular weight is 309 g/mol. The van der Waals surface area contributed by atoms with E-state index in [1.807, 2.05) is 0 Å². The van der Waals surface area contributed by atoms with Crippen molar-refractivity contribution in [2.75, 3.05) is 19.8 Å². The predicted octanol–water partition coefficient (Wildman–Crippen LogP) is 2.72. The number of nitro groups is 1. The van der Waals surface area contributed by atoms with Crippen LogP contribution in [0, 0.1) is 10.1 Å². The molecule has 0 saturated carbocycles. The average Bonchev–Trinajstić information content (AvgIpc) is 2.54. The van der Waals surface area contributed by atoms with Gasteiger partial charge in [-0.2, -0.15) is 0 Å². The molecule has 7 heteroatoms. The summed E-state index contributed by atoms with van der Waals surface area (Å²) in [4.78, 5) is 22.4. The van der Waals surface area contributed by atoms with Crippen LogP contribution < -0.4 is 4.74 Å². The molecule has 0 N–H and O–H groups in total. The fourth-order valence-electron chi connectivity index (χ4n) is 2.26. The number of benzene rings is 1. The third-order valence-electron chi connectivity index (χ3n) is 3.37. The zero-order chi connectivity index (χ0) is 15.9. The number of nitro benzene ring substituents is 1. The van der Waals surface area contributed by atoms with Crippen molar-refractivity contribution < 1.29 is 23.9 Å². The number of carbonyl (C=O) groups is 1. The summed E-state index contributed by atoms with van der Waals surface area (Å²) in [5, 5.41) is 11.0. The first-order valence-corrected chi connectivity index (χ1v) is 7.31. The summed E-state index contributed by atoms with van der Waals surface area (Å²) in [5.41, 5.74) is -0.115. The van der Waals surface area contributed by atoms with E-state index in [2.05, 4.69) is 0 Å². The van der Waals surface area contributed by atoms with Gasteiger partial charge in [0.2, 0.25) is 0 Å². The Bertz CT molecular complexity index is 539. The highest BCUT2D eigenvalue weighted by Gasteiger charge is 2.21. The highest BCUT2D eigenvalue weighted by molar-refractivity contribution is 5.90. The Hall–Kier alpha value is -2.15. The molecule has 1 aromatic rings. The maximum absolute atomic E-state index is 12.0. The smallest absolute Gasteiger partial charge is 0.338 e. The van der Waals surface area contributed by atoms with Crippen molar-refractivity contribution >= 4 is 11.7 Å². The first-order valence-electron chi connectivity index (χ1n) is 7.31. The van der Waals surface area contributed by atoms with Crippen molar-refractivity contribution in [1.82, 2.24) is 0 Å². The van der Waals surface area contributed by atoms with Crippen LogP contribution in [0.1, 0.15) is 36.5 Å². The maximum Gasteiger partial charge on any atom is 0.338 e. The van der Waals surface area contributed by atoms with E-state index in [0.29, 0.717) is 13.2 Å². The molecule has 7 nitrogen and oxygen atoms in total. The fraction of sp³-hybridized carbons (Fsp3) is 0.533. The molecule has 0 spiro atoms. The minimum Gasteiger partial charge on any atom is -0.487 e. The zero-order valence-electron chi connectivity index (χ0n) is 12.4. The first-order chi connectivity index (χ1) is 10.6. The molecule has 1 fully saturated rings. The van der Waals surface area contributed by atoms with Gasteiger partial charge < -0.3 is 14.2 Å². The summed E-state index contributed by atoms with van der Waals surface area (Å²) in [6, 6.07) is 4.05. The van der Waals surface area contributed by atoms with Gasteiger partial charge >= 0.3 is 11.7 Å². The lowest BCUT2D eigenvalue weighted by molar-refractivity contribution is -0.385. The fourth-order valence-corrected chi connectivity index (χ4v) is 2.26. The second-order valence-corrected chi connectivity index (χ2v) is 4.96. The molecule has 1 atom stereocenters. The Kier molecular flexibility index (Phi) is 5.71. The van der Waals surface area contributed by atoms with E-state index in [-0.39, 0.29) is 29.7 Å². The maximum atomic E-state index is 12.0. The van der Waals surface area contributed by atoms with Gasteiger partial charge in [-0.25, -0.2) is 4.79 Å². The molecule has 22 heavy (non-hydrogen) atoms. The molecular formula is C15H19NO6. The summed E-state index contributed by atoms with van der Waals surface area (Å²) >= 11 is 0. The number of esters is 1. The molecular weight excluding hydrogens is 290 g/mol. The van der Waals surface area contributed by atoms with Crippen LogP contribution in [0.4, 0.5) is 5.69 Å². The van der Waals surface area contributed by atoms with Crippen LogP contribution in [0.25, 0.3) is 0 Å². The van der Waals surface area contributed by atoms with Gasteiger partial charge in [0.05, 0.1) is 23.2 Å². The molecule has 0 aliphatic carbocycles. The summed E-state index contributed by atoms with van der Waals surface area (Å²) in [6.07, 6.45) is 2.85. The normalized spacial score (nSPS) is 17.8. The van der Waals surface area contributed by atoms with Crippen molar-refractivity contribution in [3.05, 3.63) is 33.9 Å². The summed E-state index contributed by atoms with van der Waals surface area (Å²) < 4.78 is 15.8. The second-order valence-electron chi connectivity index (χ2n) is 4.96. The van der Waals surface area contributed by atoms with Crippen LogP contribution >= 0.6 is 0 Å². The standard InChI is InChI=1S/C15H19NO6/c1-2-20-14-7-6-11(9-13(14)16(18)19)15(17)22-10-12-5-3-4-8-21-12/h6-7,9,12H,2-5,8,10H2,1H3. The second kappa shape index (κ2) is 7.74. The van der Waals surface area contributed by atoms with Gasteiger partial charge in [0, 0.05) is 12.7 Å². The van der Waals surface area contributed by atoms with E-state index in [1.165, 1.54) is 18.2 Å². The first kappa shape index (κ1) is 16.2. The van der Waals surface area contributed by atoms with Crippen LogP contribution in [-0.4, -0.2) is 36.8 Å². The Morgan fingerprint density at radius 1 is 1.45 bits per heavy atom. The van der Waals surface area contributed by atoms with Gasteiger partial charge in [-0.3, -0.25) is 10.1 Å². The highest BCUT2D eigenvalue weighted by Crippen LogP contribution is 2.28. The van der Waals surface area contributed by atoms with E-state index < -0.39 is 10.9 Å². The summed E-state index contributed by atoms with van der Waals surface area (Å²) in [6.45, 7) is 2.89. The minimum atomic E-state index is -0.597. The molecule has 120 valence electrons. The van der Waals surface area contributed by atoms with E-state index in [4.69, 9.17) is 14.2 Å². The van der Waals surface area contributed by atoms with Gasteiger partial charge in [0.15, 0.2) is 5.75 Å². The van der Waals surface area contributed by atoms with E-state index in [0.717, 1.165) is 19.3 Å². The largest absolute Gasteiger partial charge is 0.487 e. The Balaban J connectivity index is 2.02. The highest BCUT2D eigenvalue weighted by atomic mass is 16.6. The lowest BCUT2D eigenvalue weighted by atomic mass is 10.1. The van der Waals surface area contributed by atoms with Crippen molar-refractivity contribution in [3.8, 4) is 5.75 Å². The molecule has 1 heterocycles. The third kappa shape index (κ3) is 4.17. The van der Waals surface area contributed by atoms with Gasteiger partial charge in [-0.05, 0) is 38.3 Å². The van der Waals surface area contributed by atoms with Crippen molar-refractivity contribution in [2.45, 2.75) is 32.3 Å². The summed E-state index contributed by atoms with van der Waals surface area (Å²) in [5.74, 6) is -0.458. The number of rotatable bonds is 6. The molecule has 1 aromatic carbocycles.